The third-order valence-electron chi connectivity index (χ3n) is 2.22. The van der Waals surface area contributed by atoms with Crippen LogP contribution >= 0.6 is 24.8 Å². The number of nitrogens with zero attached hydrogens (tertiary/aromatic N) is 2. The summed E-state index contributed by atoms with van der Waals surface area (Å²) in [5, 5.41) is 0. The molecule has 0 aliphatic carbocycles. The van der Waals surface area contributed by atoms with Crippen molar-refractivity contribution in [3.63, 3.8) is 0 Å². The van der Waals surface area contributed by atoms with Crippen molar-refractivity contribution in [2.75, 3.05) is 23.7 Å². The molecule has 0 bridgehead atoms. The van der Waals surface area contributed by atoms with Gasteiger partial charge in [0.05, 0.1) is 5.69 Å². The van der Waals surface area contributed by atoms with Crippen molar-refractivity contribution in [1.82, 2.24) is 4.98 Å². The van der Waals surface area contributed by atoms with E-state index < -0.39 is 0 Å². The molecule has 2 heterocycles. The average molecular weight is 236 g/mol. The number of rotatable bonds is 1. The van der Waals surface area contributed by atoms with Gasteiger partial charge in [-0.05, 0) is 25.0 Å². The van der Waals surface area contributed by atoms with E-state index in [1.165, 1.54) is 12.8 Å². The summed E-state index contributed by atoms with van der Waals surface area (Å²) in [6, 6.07) is 3.77. The zero-order chi connectivity index (χ0) is 8.39. The van der Waals surface area contributed by atoms with Crippen LogP contribution in [0.25, 0.3) is 0 Å². The van der Waals surface area contributed by atoms with Crippen molar-refractivity contribution < 1.29 is 0 Å². The highest BCUT2D eigenvalue weighted by Gasteiger charge is 2.14. The maximum Gasteiger partial charge on any atom is 0.151 e. The van der Waals surface area contributed by atoms with Gasteiger partial charge in [0.25, 0.3) is 0 Å². The van der Waals surface area contributed by atoms with Gasteiger partial charge < -0.3 is 10.6 Å². The van der Waals surface area contributed by atoms with Crippen molar-refractivity contribution in [3.8, 4) is 0 Å². The summed E-state index contributed by atoms with van der Waals surface area (Å²) in [5.41, 5.74) is 6.59. The first-order valence-corrected chi connectivity index (χ1v) is 4.33. The van der Waals surface area contributed by atoms with Gasteiger partial charge >= 0.3 is 0 Å². The van der Waals surface area contributed by atoms with Gasteiger partial charge in [-0.2, -0.15) is 0 Å². The van der Waals surface area contributed by atoms with Crippen molar-refractivity contribution in [3.05, 3.63) is 18.3 Å². The molecular weight excluding hydrogens is 221 g/mol. The summed E-state index contributed by atoms with van der Waals surface area (Å²) >= 11 is 0. The van der Waals surface area contributed by atoms with Crippen molar-refractivity contribution in [1.29, 1.82) is 0 Å². The molecule has 0 amide bonds. The number of nitrogens with two attached hydrogens (primary N) is 1. The highest BCUT2D eigenvalue weighted by Crippen LogP contribution is 2.22. The van der Waals surface area contributed by atoms with Crippen LogP contribution in [0.2, 0.25) is 0 Å². The molecule has 1 aliphatic rings. The lowest BCUT2D eigenvalue weighted by Gasteiger charge is -2.17. The summed E-state index contributed by atoms with van der Waals surface area (Å²) in [6.45, 7) is 2.20. The van der Waals surface area contributed by atoms with E-state index in [1.807, 2.05) is 12.1 Å². The lowest BCUT2D eigenvalue weighted by atomic mass is 10.4. The van der Waals surface area contributed by atoms with Crippen LogP contribution in [0.15, 0.2) is 18.3 Å². The molecule has 1 saturated heterocycles. The van der Waals surface area contributed by atoms with E-state index in [4.69, 9.17) is 5.73 Å². The molecule has 0 unspecified atom stereocenters. The molecule has 14 heavy (non-hydrogen) atoms. The predicted molar refractivity (Wildman–Crippen MR) is 64.6 cm³/mol. The standard InChI is InChI=1S/C9H13N3.2ClH/c10-8-4-3-5-11-9(8)12-6-1-2-7-12;;/h3-5H,1-2,6-7,10H2;2*1H. The van der Waals surface area contributed by atoms with Gasteiger partial charge in [0.15, 0.2) is 5.82 Å². The molecule has 0 spiro atoms. The number of pyridine rings is 1. The summed E-state index contributed by atoms with van der Waals surface area (Å²) < 4.78 is 0. The van der Waals surface area contributed by atoms with Crippen LogP contribution < -0.4 is 10.6 Å². The number of hydrogen-bond donors (Lipinski definition) is 1. The number of hydrogen-bond acceptors (Lipinski definition) is 3. The van der Waals surface area contributed by atoms with Crippen molar-refractivity contribution in [2.45, 2.75) is 12.8 Å². The number of aromatic nitrogens is 1. The van der Waals surface area contributed by atoms with Gasteiger partial charge in [0.1, 0.15) is 0 Å². The molecule has 1 aliphatic heterocycles. The first-order chi connectivity index (χ1) is 5.88. The van der Waals surface area contributed by atoms with Gasteiger partial charge in [0.2, 0.25) is 0 Å². The Labute approximate surface area is 96.5 Å². The van der Waals surface area contributed by atoms with Crippen LogP contribution in [0.3, 0.4) is 0 Å². The van der Waals surface area contributed by atoms with Gasteiger partial charge in [-0.3, -0.25) is 0 Å². The molecule has 0 aromatic carbocycles. The Bertz CT molecular complexity index is 275. The van der Waals surface area contributed by atoms with Gasteiger partial charge in [-0.1, -0.05) is 0 Å². The minimum absolute atomic E-state index is 0. The summed E-state index contributed by atoms with van der Waals surface area (Å²) in [4.78, 5) is 6.51. The summed E-state index contributed by atoms with van der Waals surface area (Å²) in [5.74, 6) is 0.954. The van der Waals surface area contributed by atoms with Gasteiger partial charge in [0, 0.05) is 19.3 Å². The van der Waals surface area contributed by atoms with Crippen LogP contribution in [0, 0.1) is 0 Å². The van der Waals surface area contributed by atoms with E-state index in [2.05, 4.69) is 9.88 Å². The molecule has 5 heteroatoms. The normalized spacial score (nSPS) is 14.4. The first kappa shape index (κ1) is 13.3. The molecule has 0 saturated carbocycles. The average Bonchev–Trinajstić information content (AvgIpc) is 2.57. The first-order valence-electron chi connectivity index (χ1n) is 4.33. The Morgan fingerprint density at radius 2 is 1.86 bits per heavy atom. The predicted octanol–water partition coefficient (Wildman–Crippen LogP) is 2.11. The fourth-order valence-corrected chi connectivity index (χ4v) is 1.60. The van der Waals surface area contributed by atoms with Crippen molar-refractivity contribution >= 4 is 36.3 Å². The highest BCUT2D eigenvalue weighted by molar-refractivity contribution is 5.85. The van der Waals surface area contributed by atoms with E-state index >= 15 is 0 Å². The molecule has 2 rings (SSSR count). The Hall–Kier alpha value is -0.670. The summed E-state index contributed by atoms with van der Waals surface area (Å²) in [7, 11) is 0. The second kappa shape index (κ2) is 5.94. The second-order valence-corrected chi connectivity index (χ2v) is 3.11. The fourth-order valence-electron chi connectivity index (χ4n) is 1.60. The molecule has 2 N–H and O–H groups in total. The molecule has 80 valence electrons. The third-order valence-corrected chi connectivity index (χ3v) is 2.22. The maximum absolute atomic E-state index is 5.80. The number of halogens is 2. The van der Waals surface area contributed by atoms with Crippen molar-refractivity contribution in [2.24, 2.45) is 0 Å². The Kier molecular flexibility index (Phi) is 5.65. The molecule has 0 radical (unpaired) electrons. The van der Waals surface area contributed by atoms with Gasteiger partial charge in [-0.15, -0.1) is 24.8 Å². The lowest BCUT2D eigenvalue weighted by Crippen LogP contribution is -2.20. The van der Waals surface area contributed by atoms with E-state index in [1.54, 1.807) is 6.20 Å². The third kappa shape index (κ3) is 2.66. The smallest absolute Gasteiger partial charge is 0.151 e. The maximum atomic E-state index is 5.80. The second-order valence-electron chi connectivity index (χ2n) is 3.11. The lowest BCUT2D eigenvalue weighted by molar-refractivity contribution is 0.940. The topological polar surface area (TPSA) is 42.1 Å². The van der Waals surface area contributed by atoms with E-state index in [9.17, 15) is 0 Å². The Morgan fingerprint density at radius 1 is 1.21 bits per heavy atom. The molecule has 1 aromatic heterocycles. The largest absolute Gasteiger partial charge is 0.396 e. The zero-order valence-electron chi connectivity index (χ0n) is 7.85. The minimum atomic E-state index is 0. The van der Waals surface area contributed by atoms with Gasteiger partial charge in [-0.25, -0.2) is 4.98 Å². The Morgan fingerprint density at radius 3 is 2.43 bits per heavy atom. The van der Waals surface area contributed by atoms with E-state index in [0.29, 0.717) is 0 Å². The molecule has 1 aromatic rings. The van der Waals surface area contributed by atoms with Crippen LogP contribution in [-0.2, 0) is 0 Å². The fraction of sp³-hybridized carbons (Fsp3) is 0.444. The molecular formula is C9H15Cl2N3. The summed E-state index contributed by atoms with van der Waals surface area (Å²) in [6.07, 6.45) is 4.32. The number of nitrogen functional groups attached to an aromatic ring is 1. The number of anilines is 2. The minimum Gasteiger partial charge on any atom is -0.396 e. The van der Waals surface area contributed by atoms with Crippen LogP contribution in [0.4, 0.5) is 11.5 Å². The molecule has 0 atom stereocenters. The monoisotopic (exact) mass is 235 g/mol. The molecule has 1 fully saturated rings. The SMILES string of the molecule is Cl.Cl.Nc1cccnc1N1CCCC1. The van der Waals surface area contributed by atoms with E-state index in [-0.39, 0.29) is 24.8 Å². The van der Waals surface area contributed by atoms with Crippen LogP contribution in [0.1, 0.15) is 12.8 Å². The van der Waals surface area contributed by atoms with Crippen LogP contribution in [-0.4, -0.2) is 18.1 Å². The van der Waals surface area contributed by atoms with Crippen LogP contribution in [0.5, 0.6) is 0 Å². The Balaban J connectivity index is 0.000000845. The zero-order valence-corrected chi connectivity index (χ0v) is 9.48. The quantitative estimate of drug-likeness (QED) is 0.811. The van der Waals surface area contributed by atoms with E-state index in [0.717, 1.165) is 24.6 Å². The highest BCUT2D eigenvalue weighted by atomic mass is 35.5. The molecule has 3 nitrogen and oxygen atoms in total.